The second kappa shape index (κ2) is 12.1. The first-order valence-corrected chi connectivity index (χ1v) is 12.6. The molecule has 2 N–H and O–H groups in total. The van der Waals surface area contributed by atoms with Gasteiger partial charge in [0.1, 0.15) is 0 Å². The number of benzene rings is 2. The van der Waals surface area contributed by atoms with Crippen molar-refractivity contribution in [2.45, 2.75) is 26.9 Å². The second-order valence-corrected chi connectivity index (χ2v) is 8.97. The minimum Gasteiger partial charge on any atom is -0.490 e. The van der Waals surface area contributed by atoms with Crippen molar-refractivity contribution >= 4 is 52.0 Å². The molecule has 0 amide bonds. The molecule has 0 saturated heterocycles. The molecule has 0 radical (unpaired) electrons. The molecule has 0 spiro atoms. The Bertz CT molecular complexity index is 1320. The molecule has 188 valence electrons. The van der Waals surface area contributed by atoms with Gasteiger partial charge in [0.15, 0.2) is 22.4 Å². The lowest BCUT2D eigenvalue weighted by Crippen LogP contribution is -2.19. The number of anilines is 2. The normalized spacial score (nSPS) is 10.8. The number of halogens is 2. The van der Waals surface area contributed by atoms with Gasteiger partial charge in [-0.05, 0) is 55.9 Å². The van der Waals surface area contributed by atoms with Gasteiger partial charge in [-0.2, -0.15) is 10.2 Å². The van der Waals surface area contributed by atoms with Crippen molar-refractivity contribution in [1.82, 2.24) is 19.6 Å². The van der Waals surface area contributed by atoms with Crippen molar-refractivity contribution in [3.05, 3.63) is 82.2 Å². The number of nitrogens with zero attached hydrogens (tertiary/aromatic N) is 4. The van der Waals surface area contributed by atoms with E-state index in [-0.39, 0.29) is 0 Å². The first kappa shape index (κ1) is 25.8. The summed E-state index contributed by atoms with van der Waals surface area (Å²) in [5, 5.41) is 16.7. The Balaban J connectivity index is 1.34. The van der Waals surface area contributed by atoms with Gasteiger partial charge in [0, 0.05) is 34.1 Å². The Morgan fingerprint density at radius 3 is 2.44 bits per heavy atom. The fourth-order valence-electron chi connectivity index (χ4n) is 3.54. The van der Waals surface area contributed by atoms with E-state index >= 15 is 0 Å². The van der Waals surface area contributed by atoms with Gasteiger partial charge in [-0.1, -0.05) is 35.3 Å². The molecule has 4 aromatic rings. The van der Waals surface area contributed by atoms with E-state index < -0.39 is 0 Å². The molecule has 0 saturated carbocycles. The van der Waals surface area contributed by atoms with Crippen LogP contribution < -0.4 is 20.1 Å². The summed E-state index contributed by atoms with van der Waals surface area (Å²) >= 11 is 18.0. The first-order chi connectivity index (χ1) is 17.4. The van der Waals surface area contributed by atoms with Gasteiger partial charge in [-0.3, -0.25) is 9.36 Å². The summed E-state index contributed by atoms with van der Waals surface area (Å²) in [4.78, 5) is 0. The van der Waals surface area contributed by atoms with E-state index in [9.17, 15) is 0 Å². The van der Waals surface area contributed by atoms with Gasteiger partial charge < -0.3 is 20.1 Å². The second-order valence-electron chi connectivity index (χ2n) is 7.75. The molecule has 0 aliphatic carbocycles. The number of nitrogens with one attached hydrogen (secondary N) is 2. The summed E-state index contributed by atoms with van der Waals surface area (Å²) in [7, 11) is 0. The number of ether oxygens (including phenoxy) is 2. The van der Waals surface area contributed by atoms with Crippen LogP contribution in [0.1, 0.15) is 25.0 Å². The summed E-state index contributed by atoms with van der Waals surface area (Å²) < 4.78 is 14.9. The molecule has 0 aliphatic rings. The van der Waals surface area contributed by atoms with Crippen LogP contribution in [0.25, 0.3) is 0 Å². The highest BCUT2D eigenvalue weighted by atomic mass is 35.5. The van der Waals surface area contributed by atoms with E-state index in [2.05, 4.69) is 20.8 Å². The van der Waals surface area contributed by atoms with E-state index in [0.29, 0.717) is 47.3 Å². The van der Waals surface area contributed by atoms with E-state index in [4.69, 9.17) is 44.9 Å². The Morgan fingerprint density at radius 1 is 0.944 bits per heavy atom. The average Bonchev–Trinajstić information content (AvgIpc) is 3.47. The molecule has 36 heavy (non-hydrogen) atoms. The van der Waals surface area contributed by atoms with E-state index in [1.807, 2.05) is 61.3 Å². The standard InChI is InChI=1S/C25H26Cl2N6O2S/c1-3-34-22-9-8-17(12-23(22)35-4-2)14-33-15-18(13-28-33)29-25(36)30-24-10-11-32(31-24)16-19-20(26)6-5-7-21(19)27/h5-13,15H,3-4,14,16H2,1-2H3,(H2,29,30,31,36). The highest BCUT2D eigenvalue weighted by molar-refractivity contribution is 7.80. The number of aromatic nitrogens is 4. The van der Waals surface area contributed by atoms with Gasteiger partial charge in [0.25, 0.3) is 0 Å². The van der Waals surface area contributed by atoms with Gasteiger partial charge in [0.05, 0.1) is 38.2 Å². The zero-order valence-electron chi connectivity index (χ0n) is 19.9. The predicted octanol–water partition coefficient (Wildman–Crippen LogP) is 6.09. The fraction of sp³-hybridized carbons (Fsp3) is 0.240. The van der Waals surface area contributed by atoms with Crippen molar-refractivity contribution in [3.63, 3.8) is 0 Å². The largest absolute Gasteiger partial charge is 0.490 e. The van der Waals surface area contributed by atoms with E-state index in [1.54, 1.807) is 23.0 Å². The number of thiocarbonyl (C=S) groups is 1. The van der Waals surface area contributed by atoms with Crippen LogP contribution in [0.15, 0.2) is 61.1 Å². The Morgan fingerprint density at radius 2 is 1.69 bits per heavy atom. The Labute approximate surface area is 225 Å². The minimum atomic E-state index is 0.398. The minimum absolute atomic E-state index is 0.398. The third-order valence-electron chi connectivity index (χ3n) is 5.11. The van der Waals surface area contributed by atoms with Gasteiger partial charge in [-0.15, -0.1) is 0 Å². The predicted molar refractivity (Wildman–Crippen MR) is 148 cm³/mol. The van der Waals surface area contributed by atoms with Crippen molar-refractivity contribution < 1.29 is 9.47 Å². The lowest BCUT2D eigenvalue weighted by atomic mass is 10.2. The lowest BCUT2D eigenvalue weighted by molar-refractivity contribution is 0.287. The lowest BCUT2D eigenvalue weighted by Gasteiger charge is -2.12. The molecule has 2 aromatic carbocycles. The van der Waals surface area contributed by atoms with Crippen LogP contribution in [0.5, 0.6) is 11.5 Å². The molecule has 0 fully saturated rings. The molecule has 8 nitrogen and oxygen atoms in total. The Kier molecular flexibility index (Phi) is 8.69. The average molecular weight is 545 g/mol. The van der Waals surface area contributed by atoms with Crippen LogP contribution in [0, 0.1) is 0 Å². The molecular formula is C25H26Cl2N6O2S. The van der Waals surface area contributed by atoms with Crippen molar-refractivity contribution in [2.75, 3.05) is 23.8 Å². The SMILES string of the molecule is CCOc1ccc(Cn2cc(NC(=S)Nc3ccn(Cc4c(Cl)cccc4Cl)n3)cn2)cc1OCC. The highest BCUT2D eigenvalue weighted by Gasteiger charge is 2.10. The zero-order valence-corrected chi connectivity index (χ0v) is 22.2. The number of hydrogen-bond acceptors (Lipinski definition) is 5. The molecule has 4 rings (SSSR count). The molecule has 2 aromatic heterocycles. The summed E-state index contributed by atoms with van der Waals surface area (Å²) in [6.45, 7) is 6.06. The van der Waals surface area contributed by atoms with Crippen LogP contribution in [0.2, 0.25) is 10.0 Å². The number of hydrogen-bond donors (Lipinski definition) is 2. The molecule has 0 atom stereocenters. The zero-order chi connectivity index (χ0) is 25.5. The first-order valence-electron chi connectivity index (χ1n) is 11.4. The molecule has 0 unspecified atom stereocenters. The van der Waals surface area contributed by atoms with Crippen LogP contribution in [0.4, 0.5) is 11.5 Å². The maximum Gasteiger partial charge on any atom is 0.176 e. The van der Waals surface area contributed by atoms with E-state index in [0.717, 1.165) is 28.3 Å². The summed E-state index contributed by atoms with van der Waals surface area (Å²) in [5.41, 5.74) is 2.61. The maximum absolute atomic E-state index is 6.26. The molecule has 0 bridgehead atoms. The maximum atomic E-state index is 6.26. The van der Waals surface area contributed by atoms with Crippen LogP contribution in [-0.2, 0) is 13.1 Å². The molecule has 11 heteroatoms. The quantitative estimate of drug-likeness (QED) is 0.234. The summed E-state index contributed by atoms with van der Waals surface area (Å²) in [6.07, 6.45) is 5.42. The molecule has 0 aliphatic heterocycles. The molecular weight excluding hydrogens is 519 g/mol. The topological polar surface area (TPSA) is 78.2 Å². The van der Waals surface area contributed by atoms with Gasteiger partial charge in [-0.25, -0.2) is 0 Å². The Hall–Kier alpha value is -3.27. The van der Waals surface area contributed by atoms with Crippen molar-refractivity contribution in [3.8, 4) is 11.5 Å². The molecule has 2 heterocycles. The van der Waals surface area contributed by atoms with Crippen molar-refractivity contribution in [1.29, 1.82) is 0 Å². The summed E-state index contributed by atoms with van der Waals surface area (Å²) in [5.74, 6) is 2.06. The third-order valence-corrected chi connectivity index (χ3v) is 6.02. The highest BCUT2D eigenvalue weighted by Crippen LogP contribution is 2.29. The smallest absolute Gasteiger partial charge is 0.176 e. The third kappa shape index (κ3) is 6.69. The van der Waals surface area contributed by atoms with Gasteiger partial charge in [0.2, 0.25) is 0 Å². The van der Waals surface area contributed by atoms with Gasteiger partial charge >= 0.3 is 0 Å². The van der Waals surface area contributed by atoms with Crippen molar-refractivity contribution in [2.24, 2.45) is 0 Å². The van der Waals surface area contributed by atoms with E-state index in [1.165, 1.54) is 0 Å². The fourth-order valence-corrected chi connectivity index (χ4v) is 4.28. The van der Waals surface area contributed by atoms with Crippen LogP contribution in [0.3, 0.4) is 0 Å². The monoisotopic (exact) mass is 544 g/mol. The summed E-state index contributed by atoms with van der Waals surface area (Å²) in [6, 6.07) is 13.1. The van der Waals surface area contributed by atoms with Crippen LogP contribution >= 0.6 is 35.4 Å². The van der Waals surface area contributed by atoms with Crippen LogP contribution in [-0.4, -0.2) is 37.9 Å². The number of rotatable bonds is 10.